The van der Waals surface area contributed by atoms with Crippen molar-refractivity contribution in [1.82, 2.24) is 0 Å². The van der Waals surface area contributed by atoms with Crippen molar-refractivity contribution in [2.45, 2.75) is 0 Å². The molecule has 0 amide bonds. The molecule has 3 heteroatoms. The molecule has 0 unspecified atom stereocenters. The highest BCUT2D eigenvalue weighted by Gasteiger charge is 2.16. The SMILES string of the molecule is COc1cc(N(c2ccccc2)c2ccccc2)ccc1-c1ccccc1Br. The molecule has 28 heavy (non-hydrogen) atoms. The number of para-hydroxylation sites is 2. The van der Waals surface area contributed by atoms with Gasteiger partial charge in [-0.2, -0.15) is 0 Å². The smallest absolute Gasteiger partial charge is 0.128 e. The average Bonchev–Trinajstić information content (AvgIpc) is 2.76. The Balaban J connectivity index is 1.85. The summed E-state index contributed by atoms with van der Waals surface area (Å²) in [6.07, 6.45) is 0. The van der Waals surface area contributed by atoms with Crippen LogP contribution in [0.4, 0.5) is 17.1 Å². The van der Waals surface area contributed by atoms with Gasteiger partial charge in [-0.1, -0.05) is 70.5 Å². The van der Waals surface area contributed by atoms with Gasteiger partial charge < -0.3 is 9.64 Å². The zero-order chi connectivity index (χ0) is 19.3. The molecule has 0 radical (unpaired) electrons. The van der Waals surface area contributed by atoms with Gasteiger partial charge in [-0.25, -0.2) is 0 Å². The fraction of sp³-hybridized carbons (Fsp3) is 0.0400. The molecule has 0 aliphatic heterocycles. The third-order valence-corrected chi connectivity index (χ3v) is 5.33. The monoisotopic (exact) mass is 429 g/mol. The van der Waals surface area contributed by atoms with Crippen molar-refractivity contribution in [1.29, 1.82) is 0 Å². The number of halogens is 1. The lowest BCUT2D eigenvalue weighted by molar-refractivity contribution is 0.416. The van der Waals surface area contributed by atoms with Crippen molar-refractivity contribution >= 4 is 33.0 Å². The van der Waals surface area contributed by atoms with Gasteiger partial charge in [-0.05, 0) is 48.0 Å². The minimum atomic E-state index is 0.835. The number of methoxy groups -OCH3 is 1. The van der Waals surface area contributed by atoms with Crippen LogP contribution in [0.15, 0.2) is 108 Å². The van der Waals surface area contributed by atoms with Crippen LogP contribution < -0.4 is 9.64 Å². The van der Waals surface area contributed by atoms with Crippen LogP contribution >= 0.6 is 15.9 Å². The summed E-state index contributed by atoms with van der Waals surface area (Å²) in [5.74, 6) is 0.835. The molecule has 0 fully saturated rings. The van der Waals surface area contributed by atoms with Crippen molar-refractivity contribution < 1.29 is 4.74 Å². The fourth-order valence-electron chi connectivity index (χ4n) is 3.32. The van der Waals surface area contributed by atoms with Crippen molar-refractivity contribution in [2.24, 2.45) is 0 Å². The number of hydrogen-bond acceptors (Lipinski definition) is 2. The predicted molar refractivity (Wildman–Crippen MR) is 121 cm³/mol. The molecule has 0 N–H and O–H groups in total. The third-order valence-electron chi connectivity index (χ3n) is 4.64. The second-order valence-electron chi connectivity index (χ2n) is 6.37. The van der Waals surface area contributed by atoms with E-state index in [2.05, 4.69) is 93.6 Å². The first-order chi connectivity index (χ1) is 13.8. The summed E-state index contributed by atoms with van der Waals surface area (Å²) in [6, 6.07) is 35.3. The zero-order valence-electron chi connectivity index (χ0n) is 15.5. The molecular weight excluding hydrogens is 410 g/mol. The standard InChI is InChI=1S/C25H20BrNO/c1-28-25-18-21(16-17-23(25)22-14-8-9-15-24(22)26)27(19-10-4-2-5-11-19)20-12-6-3-7-13-20/h2-18H,1H3. The minimum Gasteiger partial charge on any atom is -0.496 e. The highest BCUT2D eigenvalue weighted by atomic mass is 79.9. The van der Waals surface area contributed by atoms with Gasteiger partial charge in [0.05, 0.1) is 7.11 Å². The average molecular weight is 430 g/mol. The number of rotatable bonds is 5. The summed E-state index contributed by atoms with van der Waals surface area (Å²) >= 11 is 3.65. The first kappa shape index (κ1) is 18.3. The van der Waals surface area contributed by atoms with E-state index in [9.17, 15) is 0 Å². The van der Waals surface area contributed by atoms with Crippen LogP contribution in [-0.4, -0.2) is 7.11 Å². The molecule has 2 nitrogen and oxygen atoms in total. The van der Waals surface area contributed by atoms with Crippen LogP contribution in [0.25, 0.3) is 11.1 Å². The van der Waals surface area contributed by atoms with E-state index in [1.807, 2.05) is 30.3 Å². The number of ether oxygens (including phenoxy) is 1. The Morgan fingerprint density at radius 1 is 0.607 bits per heavy atom. The zero-order valence-corrected chi connectivity index (χ0v) is 17.1. The Bertz CT molecular complexity index is 1020. The van der Waals surface area contributed by atoms with Crippen molar-refractivity contribution in [3.05, 3.63) is 108 Å². The molecule has 138 valence electrons. The van der Waals surface area contributed by atoms with Crippen LogP contribution in [0, 0.1) is 0 Å². The highest BCUT2D eigenvalue weighted by molar-refractivity contribution is 9.10. The maximum Gasteiger partial charge on any atom is 0.128 e. The van der Waals surface area contributed by atoms with E-state index in [1.165, 1.54) is 0 Å². The fourth-order valence-corrected chi connectivity index (χ4v) is 3.82. The van der Waals surface area contributed by atoms with Gasteiger partial charge in [0.2, 0.25) is 0 Å². The topological polar surface area (TPSA) is 12.5 Å². The Hall–Kier alpha value is -3.04. The molecule has 4 aromatic rings. The Morgan fingerprint density at radius 3 is 1.75 bits per heavy atom. The van der Waals surface area contributed by atoms with Crippen LogP contribution in [0.3, 0.4) is 0 Å². The first-order valence-electron chi connectivity index (χ1n) is 9.11. The lowest BCUT2D eigenvalue weighted by Crippen LogP contribution is -2.10. The van der Waals surface area contributed by atoms with Crippen molar-refractivity contribution in [3.8, 4) is 16.9 Å². The van der Waals surface area contributed by atoms with Gasteiger partial charge in [0.25, 0.3) is 0 Å². The lowest BCUT2D eigenvalue weighted by Gasteiger charge is -2.26. The van der Waals surface area contributed by atoms with E-state index in [-0.39, 0.29) is 0 Å². The molecule has 0 heterocycles. The van der Waals surface area contributed by atoms with Gasteiger partial charge in [-0.15, -0.1) is 0 Å². The van der Waals surface area contributed by atoms with E-state index >= 15 is 0 Å². The van der Waals surface area contributed by atoms with Gasteiger partial charge in [0, 0.05) is 33.2 Å². The van der Waals surface area contributed by atoms with E-state index in [1.54, 1.807) is 7.11 Å². The second-order valence-corrected chi connectivity index (χ2v) is 7.23. The second kappa shape index (κ2) is 8.32. The van der Waals surface area contributed by atoms with Crippen molar-refractivity contribution in [2.75, 3.05) is 12.0 Å². The molecule has 0 aliphatic carbocycles. The predicted octanol–water partition coefficient (Wildman–Crippen LogP) is 7.59. The summed E-state index contributed by atoms with van der Waals surface area (Å²) in [5, 5.41) is 0. The number of benzene rings is 4. The summed E-state index contributed by atoms with van der Waals surface area (Å²) < 4.78 is 6.82. The summed E-state index contributed by atoms with van der Waals surface area (Å²) in [6.45, 7) is 0. The number of hydrogen-bond donors (Lipinski definition) is 0. The number of nitrogens with zero attached hydrogens (tertiary/aromatic N) is 1. The molecule has 0 aromatic heterocycles. The van der Waals surface area contributed by atoms with E-state index in [0.717, 1.165) is 38.4 Å². The van der Waals surface area contributed by atoms with E-state index in [4.69, 9.17) is 4.74 Å². The molecule has 0 bridgehead atoms. The van der Waals surface area contributed by atoms with Gasteiger partial charge in [0.15, 0.2) is 0 Å². The quantitative estimate of drug-likeness (QED) is 0.323. The molecule has 0 saturated heterocycles. The molecule has 0 spiro atoms. The largest absolute Gasteiger partial charge is 0.496 e. The summed E-state index contributed by atoms with van der Waals surface area (Å²) in [5.41, 5.74) is 5.41. The highest BCUT2D eigenvalue weighted by Crippen LogP contribution is 2.41. The molecule has 0 atom stereocenters. The van der Waals surface area contributed by atoms with Gasteiger partial charge >= 0.3 is 0 Å². The third kappa shape index (κ3) is 3.67. The number of anilines is 3. The molecule has 4 aromatic carbocycles. The van der Waals surface area contributed by atoms with E-state index < -0.39 is 0 Å². The molecule has 0 saturated carbocycles. The van der Waals surface area contributed by atoms with Gasteiger partial charge in [0.1, 0.15) is 5.75 Å². The Labute approximate surface area is 174 Å². The van der Waals surface area contributed by atoms with Crippen LogP contribution in [0.5, 0.6) is 5.75 Å². The molecule has 4 rings (SSSR count). The molecular formula is C25H20BrNO. The summed E-state index contributed by atoms with van der Waals surface area (Å²) in [7, 11) is 1.72. The Kier molecular flexibility index (Phi) is 5.45. The maximum absolute atomic E-state index is 5.77. The minimum absolute atomic E-state index is 0.835. The Morgan fingerprint density at radius 2 is 1.18 bits per heavy atom. The normalized spacial score (nSPS) is 10.5. The van der Waals surface area contributed by atoms with Crippen LogP contribution in [-0.2, 0) is 0 Å². The molecule has 0 aliphatic rings. The van der Waals surface area contributed by atoms with Crippen LogP contribution in [0.1, 0.15) is 0 Å². The first-order valence-corrected chi connectivity index (χ1v) is 9.90. The lowest BCUT2D eigenvalue weighted by atomic mass is 10.0. The maximum atomic E-state index is 5.77. The van der Waals surface area contributed by atoms with Crippen molar-refractivity contribution in [3.63, 3.8) is 0 Å². The van der Waals surface area contributed by atoms with Gasteiger partial charge in [-0.3, -0.25) is 0 Å². The van der Waals surface area contributed by atoms with Crippen LogP contribution in [0.2, 0.25) is 0 Å². The summed E-state index contributed by atoms with van der Waals surface area (Å²) in [4.78, 5) is 2.23. The van der Waals surface area contributed by atoms with E-state index in [0.29, 0.717) is 0 Å².